The number of rotatable bonds is 5. The molecular formula is C24H22ClN3O2. The Morgan fingerprint density at radius 1 is 1.07 bits per heavy atom. The van der Waals surface area contributed by atoms with Crippen LogP contribution >= 0.6 is 11.6 Å². The third-order valence-electron chi connectivity index (χ3n) is 5.47. The summed E-state index contributed by atoms with van der Waals surface area (Å²) in [6.07, 6.45) is 1.66. The number of carbonyl (C=O) groups is 1. The molecule has 152 valence electrons. The van der Waals surface area contributed by atoms with Crippen LogP contribution in [0.5, 0.6) is 0 Å². The number of ether oxygens (including phenoxy) is 1. The number of benzene rings is 2. The van der Waals surface area contributed by atoms with Gasteiger partial charge in [-0.25, -0.2) is 4.98 Å². The highest BCUT2D eigenvalue weighted by atomic mass is 35.5. The second-order valence-electron chi connectivity index (χ2n) is 7.74. The van der Waals surface area contributed by atoms with E-state index in [2.05, 4.69) is 10.2 Å². The van der Waals surface area contributed by atoms with Gasteiger partial charge in [0.05, 0.1) is 34.8 Å². The fourth-order valence-electron chi connectivity index (χ4n) is 4.00. The van der Waals surface area contributed by atoms with Crippen molar-refractivity contribution < 1.29 is 9.53 Å². The van der Waals surface area contributed by atoms with Crippen molar-refractivity contribution in [1.82, 2.24) is 15.2 Å². The predicted molar refractivity (Wildman–Crippen MR) is 118 cm³/mol. The second-order valence-corrected chi connectivity index (χ2v) is 8.12. The Morgan fingerprint density at radius 3 is 2.33 bits per heavy atom. The molecule has 30 heavy (non-hydrogen) atoms. The van der Waals surface area contributed by atoms with Gasteiger partial charge in [-0.2, -0.15) is 5.10 Å². The van der Waals surface area contributed by atoms with E-state index in [0.717, 1.165) is 16.7 Å². The van der Waals surface area contributed by atoms with E-state index < -0.39 is 5.41 Å². The number of aromatic nitrogens is 3. The SMILES string of the molecule is COC(=O)C(C)(C)C(c1ccccc1)c1c(-c2ccccc2)nc2[nH]ncc2c1Cl. The molecule has 0 saturated carbocycles. The molecule has 1 N–H and O–H groups in total. The van der Waals surface area contributed by atoms with Gasteiger partial charge in [-0.15, -0.1) is 0 Å². The van der Waals surface area contributed by atoms with E-state index in [4.69, 9.17) is 21.3 Å². The minimum Gasteiger partial charge on any atom is -0.469 e. The van der Waals surface area contributed by atoms with Gasteiger partial charge in [-0.1, -0.05) is 72.3 Å². The number of fused-ring (bicyclic) bond motifs is 1. The number of pyridine rings is 1. The highest BCUT2D eigenvalue weighted by Crippen LogP contribution is 2.48. The molecule has 1 unspecified atom stereocenters. The van der Waals surface area contributed by atoms with Crippen LogP contribution in [0.2, 0.25) is 5.02 Å². The topological polar surface area (TPSA) is 67.9 Å². The first kappa shape index (κ1) is 20.1. The van der Waals surface area contributed by atoms with Gasteiger partial charge in [-0.05, 0) is 19.4 Å². The smallest absolute Gasteiger partial charge is 0.312 e. The van der Waals surface area contributed by atoms with Gasteiger partial charge in [0.15, 0.2) is 5.65 Å². The molecule has 0 bridgehead atoms. The Hall–Kier alpha value is -3.18. The molecule has 0 amide bonds. The Kier molecular flexibility index (Phi) is 5.31. The van der Waals surface area contributed by atoms with E-state index in [1.54, 1.807) is 6.20 Å². The van der Waals surface area contributed by atoms with E-state index in [1.165, 1.54) is 7.11 Å². The first-order chi connectivity index (χ1) is 14.4. The number of H-pyrrole nitrogens is 1. The maximum atomic E-state index is 12.9. The van der Waals surface area contributed by atoms with E-state index in [9.17, 15) is 4.79 Å². The number of hydrogen-bond acceptors (Lipinski definition) is 4. The maximum absolute atomic E-state index is 12.9. The van der Waals surface area contributed by atoms with Gasteiger partial charge in [-0.3, -0.25) is 9.89 Å². The summed E-state index contributed by atoms with van der Waals surface area (Å²) in [5, 5.41) is 8.27. The lowest BCUT2D eigenvalue weighted by atomic mass is 9.70. The lowest BCUT2D eigenvalue weighted by Crippen LogP contribution is -2.34. The molecule has 0 aliphatic carbocycles. The maximum Gasteiger partial charge on any atom is 0.312 e. The van der Waals surface area contributed by atoms with Crippen molar-refractivity contribution in [2.24, 2.45) is 5.41 Å². The molecule has 2 aromatic carbocycles. The van der Waals surface area contributed by atoms with Gasteiger partial charge in [0.1, 0.15) is 0 Å². The summed E-state index contributed by atoms with van der Waals surface area (Å²) < 4.78 is 5.18. The molecule has 0 aliphatic rings. The van der Waals surface area contributed by atoms with Crippen molar-refractivity contribution in [2.45, 2.75) is 19.8 Å². The fourth-order valence-corrected chi connectivity index (χ4v) is 4.33. The Morgan fingerprint density at radius 2 is 1.70 bits per heavy atom. The van der Waals surface area contributed by atoms with Crippen molar-refractivity contribution in [3.05, 3.63) is 83.0 Å². The molecule has 2 aromatic heterocycles. The van der Waals surface area contributed by atoms with Crippen LogP contribution in [0.25, 0.3) is 22.3 Å². The fraction of sp³-hybridized carbons (Fsp3) is 0.208. The first-order valence-corrected chi connectivity index (χ1v) is 10.0. The van der Waals surface area contributed by atoms with E-state index in [1.807, 2.05) is 74.5 Å². The van der Waals surface area contributed by atoms with Crippen LogP contribution in [0.4, 0.5) is 0 Å². The van der Waals surface area contributed by atoms with Crippen LogP contribution in [0.1, 0.15) is 30.9 Å². The summed E-state index contributed by atoms with van der Waals surface area (Å²) in [6.45, 7) is 3.75. The third kappa shape index (κ3) is 3.35. The molecule has 2 heterocycles. The number of nitrogens with zero attached hydrogens (tertiary/aromatic N) is 2. The zero-order valence-electron chi connectivity index (χ0n) is 17.0. The van der Waals surface area contributed by atoms with E-state index in [0.29, 0.717) is 21.7 Å². The number of aromatic amines is 1. The number of nitrogens with one attached hydrogen (secondary N) is 1. The van der Waals surface area contributed by atoms with Crippen molar-refractivity contribution >= 4 is 28.6 Å². The summed E-state index contributed by atoms with van der Waals surface area (Å²) in [4.78, 5) is 17.7. The van der Waals surface area contributed by atoms with Crippen molar-refractivity contribution in [1.29, 1.82) is 0 Å². The molecule has 0 fully saturated rings. The monoisotopic (exact) mass is 419 g/mol. The summed E-state index contributed by atoms with van der Waals surface area (Å²) >= 11 is 6.98. The number of halogens is 1. The predicted octanol–water partition coefficient (Wildman–Crippen LogP) is 5.61. The lowest BCUT2D eigenvalue weighted by molar-refractivity contribution is -0.151. The van der Waals surface area contributed by atoms with Gasteiger partial charge in [0.2, 0.25) is 0 Å². The van der Waals surface area contributed by atoms with Gasteiger partial charge in [0.25, 0.3) is 0 Å². The minimum absolute atomic E-state index is 0.321. The number of esters is 1. The molecule has 5 nitrogen and oxygen atoms in total. The van der Waals surface area contributed by atoms with Gasteiger partial charge < -0.3 is 4.74 Å². The second kappa shape index (κ2) is 7.92. The average molecular weight is 420 g/mol. The van der Waals surface area contributed by atoms with Crippen molar-refractivity contribution in [3.8, 4) is 11.3 Å². The average Bonchev–Trinajstić information content (AvgIpc) is 3.25. The first-order valence-electron chi connectivity index (χ1n) is 9.66. The van der Waals surface area contributed by atoms with E-state index in [-0.39, 0.29) is 11.9 Å². The molecular weight excluding hydrogens is 398 g/mol. The molecule has 0 radical (unpaired) electrons. The molecule has 1 atom stereocenters. The molecule has 4 aromatic rings. The minimum atomic E-state index is -0.900. The van der Waals surface area contributed by atoms with Crippen LogP contribution in [0.15, 0.2) is 66.9 Å². The van der Waals surface area contributed by atoms with E-state index >= 15 is 0 Å². The zero-order chi connectivity index (χ0) is 21.3. The van der Waals surface area contributed by atoms with Crippen LogP contribution in [-0.2, 0) is 9.53 Å². The van der Waals surface area contributed by atoms with Crippen molar-refractivity contribution in [2.75, 3.05) is 7.11 Å². The van der Waals surface area contributed by atoms with Crippen LogP contribution in [-0.4, -0.2) is 28.3 Å². The molecule has 4 rings (SSSR count). The lowest BCUT2D eigenvalue weighted by Gasteiger charge is -2.34. The van der Waals surface area contributed by atoms with Crippen molar-refractivity contribution in [3.63, 3.8) is 0 Å². The van der Waals surface area contributed by atoms with Crippen LogP contribution < -0.4 is 0 Å². The highest BCUT2D eigenvalue weighted by molar-refractivity contribution is 6.36. The zero-order valence-corrected chi connectivity index (χ0v) is 17.8. The third-order valence-corrected chi connectivity index (χ3v) is 5.88. The molecule has 0 aliphatic heterocycles. The number of hydrogen-bond donors (Lipinski definition) is 1. The molecule has 6 heteroatoms. The van der Waals surface area contributed by atoms with Crippen LogP contribution in [0.3, 0.4) is 0 Å². The standard InChI is InChI=1S/C24H22ClN3O2/c1-24(2,23(29)30-3)19(15-10-6-4-7-11-15)18-20(25)17-14-26-28-22(17)27-21(18)16-12-8-5-9-13-16/h4-14,19H,1-3H3,(H,26,27,28). The van der Waals surface area contributed by atoms with Gasteiger partial charge >= 0.3 is 5.97 Å². The Bertz CT molecular complexity index is 1190. The number of carbonyl (C=O) groups excluding carboxylic acids is 1. The molecule has 0 saturated heterocycles. The normalized spacial score (nSPS) is 12.7. The Labute approximate surface area is 180 Å². The highest BCUT2D eigenvalue weighted by Gasteiger charge is 2.42. The quantitative estimate of drug-likeness (QED) is 0.427. The summed E-state index contributed by atoms with van der Waals surface area (Å²) in [5.41, 5.74) is 3.05. The largest absolute Gasteiger partial charge is 0.469 e. The molecule has 0 spiro atoms. The van der Waals surface area contributed by atoms with Crippen LogP contribution in [0, 0.1) is 5.41 Å². The summed E-state index contributed by atoms with van der Waals surface area (Å²) in [7, 11) is 1.41. The Balaban J connectivity index is 2.09. The number of methoxy groups -OCH3 is 1. The summed E-state index contributed by atoms with van der Waals surface area (Å²) in [5.74, 6) is -0.709. The van der Waals surface area contributed by atoms with Gasteiger partial charge in [0, 0.05) is 17.0 Å². The summed E-state index contributed by atoms with van der Waals surface area (Å²) in [6, 6.07) is 19.7.